The minimum absolute atomic E-state index is 0.0657. The van der Waals surface area contributed by atoms with E-state index in [0.29, 0.717) is 38.3 Å². The van der Waals surface area contributed by atoms with Crippen LogP contribution in [0.2, 0.25) is 0 Å². The Bertz CT molecular complexity index is 696. The quantitative estimate of drug-likeness (QED) is 0.797. The van der Waals surface area contributed by atoms with E-state index in [9.17, 15) is 22.2 Å². The molecule has 1 unspecified atom stereocenters. The molecular formula is C16H20F3N3O2S. The van der Waals surface area contributed by atoms with Gasteiger partial charge in [-0.15, -0.1) is 0 Å². The first-order chi connectivity index (χ1) is 11.8. The molecule has 0 spiro atoms. The van der Waals surface area contributed by atoms with Crippen molar-refractivity contribution in [2.75, 3.05) is 30.3 Å². The summed E-state index contributed by atoms with van der Waals surface area (Å²) in [7, 11) is -1.53. The number of piperazine rings is 1. The Morgan fingerprint density at radius 2 is 2.16 bits per heavy atom. The molecule has 0 N–H and O–H groups in total. The number of fused-ring (bicyclic) bond motifs is 3. The molecule has 3 heterocycles. The molecular weight excluding hydrogens is 355 g/mol. The Hall–Kier alpha value is -1.64. The number of nitrogens with zero attached hydrogens (tertiary/aromatic N) is 3. The molecule has 2 aliphatic rings. The number of carbonyl (C=O) groups is 1. The van der Waals surface area contributed by atoms with Crippen LogP contribution >= 0.6 is 0 Å². The maximum absolute atomic E-state index is 12.9. The van der Waals surface area contributed by atoms with Gasteiger partial charge in [-0.3, -0.25) is 9.00 Å². The van der Waals surface area contributed by atoms with E-state index in [0.717, 1.165) is 18.7 Å². The zero-order chi connectivity index (χ0) is 18.2. The van der Waals surface area contributed by atoms with Crippen LogP contribution in [0.4, 0.5) is 19.0 Å². The number of pyridine rings is 1. The Morgan fingerprint density at radius 3 is 2.84 bits per heavy atom. The molecule has 1 saturated heterocycles. The third kappa shape index (κ3) is 3.65. The first-order valence-electron chi connectivity index (χ1n) is 8.31. The zero-order valence-corrected chi connectivity index (χ0v) is 14.7. The van der Waals surface area contributed by atoms with E-state index in [2.05, 4.69) is 4.98 Å². The van der Waals surface area contributed by atoms with Crippen molar-refractivity contribution in [3.63, 3.8) is 0 Å². The number of alkyl halides is 3. The van der Waals surface area contributed by atoms with Gasteiger partial charge in [0.05, 0.1) is 21.3 Å². The van der Waals surface area contributed by atoms with E-state index in [-0.39, 0.29) is 22.6 Å². The van der Waals surface area contributed by atoms with Crippen LogP contribution in [0.15, 0.2) is 17.2 Å². The highest BCUT2D eigenvalue weighted by atomic mass is 32.2. The number of hydrogen-bond donors (Lipinski definition) is 0. The summed E-state index contributed by atoms with van der Waals surface area (Å²) in [4.78, 5) is 20.0. The van der Waals surface area contributed by atoms with Gasteiger partial charge in [0.25, 0.3) is 0 Å². The van der Waals surface area contributed by atoms with E-state index in [4.69, 9.17) is 0 Å². The largest absolute Gasteiger partial charge is 0.417 e. The Balaban J connectivity index is 1.89. The Kier molecular flexibility index (Phi) is 5.04. The minimum Gasteiger partial charge on any atom is -0.349 e. The molecule has 2 aliphatic heterocycles. The Labute approximate surface area is 146 Å². The number of amides is 1. The topological polar surface area (TPSA) is 53.5 Å². The van der Waals surface area contributed by atoms with Crippen molar-refractivity contribution in [1.82, 2.24) is 9.88 Å². The maximum atomic E-state index is 12.9. The van der Waals surface area contributed by atoms with Crippen molar-refractivity contribution in [1.29, 1.82) is 0 Å². The average molecular weight is 375 g/mol. The number of carbonyl (C=O) groups excluding carboxylic acids is 1. The van der Waals surface area contributed by atoms with Crippen LogP contribution in [-0.4, -0.2) is 51.4 Å². The van der Waals surface area contributed by atoms with Crippen molar-refractivity contribution in [3.05, 3.63) is 17.8 Å². The molecule has 0 saturated carbocycles. The van der Waals surface area contributed by atoms with Crippen molar-refractivity contribution >= 4 is 22.5 Å². The van der Waals surface area contributed by atoms with Gasteiger partial charge in [0.15, 0.2) is 0 Å². The van der Waals surface area contributed by atoms with Gasteiger partial charge in [-0.2, -0.15) is 13.2 Å². The number of aromatic nitrogens is 1. The van der Waals surface area contributed by atoms with Crippen LogP contribution in [0, 0.1) is 0 Å². The van der Waals surface area contributed by atoms with E-state index < -0.39 is 22.5 Å². The number of rotatable bonds is 2. The van der Waals surface area contributed by atoms with E-state index in [1.54, 1.807) is 4.90 Å². The van der Waals surface area contributed by atoms with Crippen LogP contribution in [0.1, 0.15) is 31.7 Å². The van der Waals surface area contributed by atoms with Crippen molar-refractivity contribution in [2.24, 2.45) is 0 Å². The second-order valence-corrected chi connectivity index (χ2v) is 7.86. The summed E-state index contributed by atoms with van der Waals surface area (Å²) < 4.78 is 51.2. The SMILES string of the molecule is CCCC(=O)N1CCN2c3ncc(C(F)(F)F)cc3S(=O)CC[C@H]2C1. The standard InChI is InChI=1S/C16H20F3N3O2S/c1-2-3-14(23)21-5-6-22-12(10-21)4-7-25(24)13-8-11(16(17,18)19)9-20-15(13)22/h8-9,12H,2-7,10H2,1H3/t12-,25?/m0/s1. The molecule has 1 fully saturated rings. The predicted molar refractivity (Wildman–Crippen MR) is 87.8 cm³/mol. The predicted octanol–water partition coefficient (Wildman–Crippen LogP) is 2.43. The third-order valence-electron chi connectivity index (χ3n) is 4.61. The summed E-state index contributed by atoms with van der Waals surface area (Å²) in [6.07, 6.45) is -1.89. The number of halogens is 3. The second-order valence-electron chi connectivity index (χ2n) is 6.32. The van der Waals surface area contributed by atoms with Gasteiger partial charge < -0.3 is 9.80 Å². The molecule has 9 heteroatoms. The van der Waals surface area contributed by atoms with Crippen LogP contribution in [0.3, 0.4) is 0 Å². The fraction of sp³-hybridized carbons (Fsp3) is 0.625. The van der Waals surface area contributed by atoms with E-state index in [1.165, 1.54) is 0 Å². The minimum atomic E-state index is -4.51. The summed E-state index contributed by atoms with van der Waals surface area (Å²) in [6.45, 7) is 3.44. The first-order valence-corrected chi connectivity index (χ1v) is 9.63. The van der Waals surface area contributed by atoms with Gasteiger partial charge in [0, 0.05) is 44.0 Å². The third-order valence-corrected chi connectivity index (χ3v) is 6.01. The van der Waals surface area contributed by atoms with E-state index >= 15 is 0 Å². The van der Waals surface area contributed by atoms with Crippen LogP contribution in [0.25, 0.3) is 0 Å². The molecule has 1 aromatic rings. The van der Waals surface area contributed by atoms with Gasteiger partial charge in [0.1, 0.15) is 5.82 Å². The lowest BCUT2D eigenvalue weighted by Crippen LogP contribution is -2.55. The molecule has 25 heavy (non-hydrogen) atoms. The molecule has 1 amide bonds. The molecule has 3 rings (SSSR count). The summed E-state index contributed by atoms with van der Waals surface area (Å²) in [5.41, 5.74) is -0.880. The fourth-order valence-corrected chi connectivity index (χ4v) is 4.65. The van der Waals surface area contributed by atoms with Gasteiger partial charge in [-0.1, -0.05) is 6.92 Å². The smallest absolute Gasteiger partial charge is 0.349 e. The Morgan fingerprint density at radius 1 is 1.40 bits per heavy atom. The van der Waals surface area contributed by atoms with Gasteiger partial charge in [0.2, 0.25) is 5.91 Å². The lowest BCUT2D eigenvalue weighted by Gasteiger charge is -2.41. The van der Waals surface area contributed by atoms with Gasteiger partial charge >= 0.3 is 6.18 Å². The monoisotopic (exact) mass is 375 g/mol. The van der Waals surface area contributed by atoms with Crippen molar-refractivity contribution < 1.29 is 22.2 Å². The van der Waals surface area contributed by atoms with Gasteiger partial charge in [-0.05, 0) is 18.9 Å². The number of hydrogen-bond acceptors (Lipinski definition) is 4. The van der Waals surface area contributed by atoms with Crippen molar-refractivity contribution in [3.8, 4) is 0 Å². The summed E-state index contributed by atoms with van der Waals surface area (Å²) >= 11 is 0. The molecule has 0 aliphatic carbocycles. The van der Waals surface area contributed by atoms with Crippen molar-refractivity contribution in [2.45, 2.75) is 43.3 Å². The van der Waals surface area contributed by atoms with E-state index in [1.807, 2.05) is 11.8 Å². The highest BCUT2D eigenvalue weighted by Crippen LogP contribution is 2.36. The molecule has 1 aromatic heterocycles. The summed E-state index contributed by atoms with van der Waals surface area (Å²) in [5, 5.41) is 0. The fourth-order valence-electron chi connectivity index (χ4n) is 3.31. The van der Waals surface area contributed by atoms with Crippen LogP contribution in [0.5, 0.6) is 0 Å². The second kappa shape index (κ2) is 6.93. The lowest BCUT2D eigenvalue weighted by molar-refractivity contribution is -0.138. The highest BCUT2D eigenvalue weighted by Gasteiger charge is 2.37. The summed E-state index contributed by atoms with van der Waals surface area (Å²) in [5.74, 6) is 0.719. The maximum Gasteiger partial charge on any atom is 0.417 e. The normalized spacial score (nSPS) is 23.7. The van der Waals surface area contributed by atoms with Gasteiger partial charge in [-0.25, -0.2) is 4.98 Å². The molecule has 5 nitrogen and oxygen atoms in total. The number of anilines is 1. The molecule has 138 valence electrons. The molecule has 0 radical (unpaired) electrons. The van der Waals surface area contributed by atoms with Crippen LogP contribution < -0.4 is 4.90 Å². The lowest BCUT2D eigenvalue weighted by atomic mass is 10.1. The zero-order valence-electron chi connectivity index (χ0n) is 13.9. The molecule has 0 aromatic carbocycles. The molecule has 2 atom stereocenters. The van der Waals surface area contributed by atoms with Crippen LogP contribution in [-0.2, 0) is 21.8 Å². The molecule has 0 bridgehead atoms. The average Bonchev–Trinajstić information content (AvgIpc) is 2.71. The highest BCUT2D eigenvalue weighted by molar-refractivity contribution is 7.85. The summed E-state index contributed by atoms with van der Waals surface area (Å²) in [6, 6.07) is 0.888. The first kappa shape index (κ1) is 18.2.